The summed E-state index contributed by atoms with van der Waals surface area (Å²) in [4.78, 5) is 11.0. The normalized spacial score (nSPS) is 17.5. The molecule has 0 saturated heterocycles. The molecule has 1 unspecified atom stereocenters. The summed E-state index contributed by atoms with van der Waals surface area (Å²) in [5.74, 6) is -0.0158. The van der Waals surface area contributed by atoms with Crippen LogP contribution in [0.15, 0.2) is 18.2 Å². The maximum absolute atomic E-state index is 11.0. The van der Waals surface area contributed by atoms with E-state index in [1.54, 1.807) is 0 Å². The first-order valence-electron chi connectivity index (χ1n) is 6.11. The fraction of sp³-hybridized carbons (Fsp3) is 0.500. The lowest BCUT2D eigenvalue weighted by Crippen LogP contribution is -2.32. The topological polar surface area (TPSA) is 38.3 Å². The number of benzene rings is 1. The Morgan fingerprint density at radius 1 is 1.41 bits per heavy atom. The van der Waals surface area contributed by atoms with Crippen molar-refractivity contribution < 1.29 is 9.53 Å². The van der Waals surface area contributed by atoms with Gasteiger partial charge in [0.2, 0.25) is 5.91 Å². The van der Waals surface area contributed by atoms with Gasteiger partial charge in [0.05, 0.1) is 19.3 Å². The third kappa shape index (κ3) is 3.56. The number of aryl methyl sites for hydroxylation is 1. The van der Waals surface area contributed by atoms with Crippen LogP contribution < -0.4 is 5.32 Å². The second kappa shape index (κ2) is 6.40. The molecule has 1 aliphatic rings. The molecule has 94 valence electrons. The number of carbonyl (C=O) groups is 1. The number of hydrogen-bond acceptors (Lipinski definition) is 2. The Bertz CT molecular complexity index is 388. The van der Waals surface area contributed by atoms with Crippen LogP contribution in [0.1, 0.15) is 43.5 Å². The van der Waals surface area contributed by atoms with Gasteiger partial charge in [0.1, 0.15) is 0 Å². The molecule has 1 atom stereocenters. The quantitative estimate of drug-likeness (QED) is 0.812. The highest BCUT2D eigenvalue weighted by Crippen LogP contribution is 2.25. The van der Waals surface area contributed by atoms with Gasteiger partial charge in [-0.15, -0.1) is 0 Å². The van der Waals surface area contributed by atoms with Crippen LogP contribution in [0.4, 0.5) is 0 Å². The molecule has 0 bridgehead atoms. The predicted molar refractivity (Wildman–Crippen MR) is 68.7 cm³/mol. The van der Waals surface area contributed by atoms with Crippen molar-refractivity contribution in [3.05, 3.63) is 34.9 Å². The molecule has 1 amide bonds. The minimum Gasteiger partial charge on any atom is -0.374 e. The Kier molecular flexibility index (Phi) is 5.16. The number of nitrogens with one attached hydrogen (secondary N) is 1. The zero-order chi connectivity index (χ0) is 12.8. The summed E-state index contributed by atoms with van der Waals surface area (Å²) in [7, 11) is 0. The maximum atomic E-state index is 11.0. The standard InChI is InChI=1S/C12H15NO2.C2H6/c1-8-3-4-10-6-15-7-12(11(10)5-8)13-9(2)14;1-2/h3-5,12H,6-7H2,1-2H3,(H,13,14);1-2H3. The van der Waals surface area contributed by atoms with Crippen LogP contribution in [0.25, 0.3) is 0 Å². The predicted octanol–water partition coefficient (Wildman–Crippen LogP) is 2.73. The third-order valence-electron chi connectivity index (χ3n) is 2.60. The van der Waals surface area contributed by atoms with E-state index in [0.717, 1.165) is 0 Å². The van der Waals surface area contributed by atoms with E-state index in [9.17, 15) is 4.79 Å². The SMILES string of the molecule is CC.CC(=O)NC1COCc2ccc(C)cc21. The highest BCUT2D eigenvalue weighted by atomic mass is 16.5. The third-order valence-corrected chi connectivity index (χ3v) is 2.60. The van der Waals surface area contributed by atoms with Gasteiger partial charge in [0, 0.05) is 6.92 Å². The molecule has 0 aromatic heterocycles. The Morgan fingerprint density at radius 2 is 2.12 bits per heavy atom. The first kappa shape index (κ1) is 13.7. The van der Waals surface area contributed by atoms with Gasteiger partial charge in [0.25, 0.3) is 0 Å². The molecule has 3 nitrogen and oxygen atoms in total. The largest absolute Gasteiger partial charge is 0.374 e. The van der Waals surface area contributed by atoms with Crippen LogP contribution in [0.3, 0.4) is 0 Å². The van der Waals surface area contributed by atoms with E-state index in [0.29, 0.717) is 13.2 Å². The summed E-state index contributed by atoms with van der Waals surface area (Å²) >= 11 is 0. The van der Waals surface area contributed by atoms with Gasteiger partial charge < -0.3 is 10.1 Å². The van der Waals surface area contributed by atoms with Crippen molar-refractivity contribution in [3.8, 4) is 0 Å². The van der Waals surface area contributed by atoms with E-state index >= 15 is 0 Å². The molecule has 0 radical (unpaired) electrons. The van der Waals surface area contributed by atoms with Crippen LogP contribution in [-0.2, 0) is 16.1 Å². The van der Waals surface area contributed by atoms with Crippen LogP contribution in [0, 0.1) is 6.92 Å². The Labute approximate surface area is 103 Å². The maximum Gasteiger partial charge on any atom is 0.217 e. The van der Waals surface area contributed by atoms with Gasteiger partial charge in [-0.3, -0.25) is 4.79 Å². The van der Waals surface area contributed by atoms with Crippen molar-refractivity contribution in [2.75, 3.05) is 6.61 Å². The molecule has 1 aromatic carbocycles. The fourth-order valence-corrected chi connectivity index (χ4v) is 1.91. The minimum absolute atomic E-state index is 0.00569. The Hall–Kier alpha value is -1.35. The summed E-state index contributed by atoms with van der Waals surface area (Å²) in [5.41, 5.74) is 3.58. The number of hydrogen-bond donors (Lipinski definition) is 1. The zero-order valence-electron chi connectivity index (χ0n) is 11.0. The summed E-state index contributed by atoms with van der Waals surface area (Å²) in [6.45, 7) is 8.80. The van der Waals surface area contributed by atoms with Crippen LogP contribution in [0.2, 0.25) is 0 Å². The van der Waals surface area contributed by atoms with E-state index in [4.69, 9.17) is 4.74 Å². The van der Waals surface area contributed by atoms with Gasteiger partial charge >= 0.3 is 0 Å². The molecule has 3 heteroatoms. The molecule has 0 aliphatic carbocycles. The van der Waals surface area contributed by atoms with Crippen molar-refractivity contribution in [2.24, 2.45) is 0 Å². The molecule has 2 rings (SSSR count). The number of amides is 1. The highest BCUT2D eigenvalue weighted by Gasteiger charge is 2.21. The van der Waals surface area contributed by atoms with Crippen molar-refractivity contribution in [2.45, 2.75) is 40.3 Å². The molecule has 0 saturated carbocycles. The summed E-state index contributed by atoms with van der Waals surface area (Å²) in [5, 5.41) is 2.90. The minimum atomic E-state index is -0.0158. The lowest BCUT2D eigenvalue weighted by atomic mass is 9.97. The summed E-state index contributed by atoms with van der Waals surface area (Å²) in [6, 6.07) is 6.27. The Balaban J connectivity index is 0.000000686. The van der Waals surface area contributed by atoms with E-state index < -0.39 is 0 Å². The monoisotopic (exact) mass is 235 g/mol. The number of carbonyl (C=O) groups excluding carboxylic acids is 1. The molecular formula is C14H21NO2. The van der Waals surface area contributed by atoms with Crippen LogP contribution in [-0.4, -0.2) is 12.5 Å². The average molecular weight is 235 g/mol. The van der Waals surface area contributed by atoms with Gasteiger partial charge in [-0.05, 0) is 18.1 Å². The van der Waals surface area contributed by atoms with Crippen molar-refractivity contribution in [1.82, 2.24) is 5.32 Å². The molecular weight excluding hydrogens is 214 g/mol. The molecule has 1 N–H and O–H groups in total. The number of ether oxygens (including phenoxy) is 1. The second-order valence-electron chi connectivity index (χ2n) is 3.97. The van der Waals surface area contributed by atoms with Crippen molar-refractivity contribution in [1.29, 1.82) is 0 Å². The van der Waals surface area contributed by atoms with Crippen molar-refractivity contribution >= 4 is 5.91 Å². The first-order valence-corrected chi connectivity index (χ1v) is 6.11. The molecule has 17 heavy (non-hydrogen) atoms. The fourth-order valence-electron chi connectivity index (χ4n) is 1.91. The van der Waals surface area contributed by atoms with Crippen LogP contribution >= 0.6 is 0 Å². The van der Waals surface area contributed by atoms with Crippen LogP contribution in [0.5, 0.6) is 0 Å². The molecule has 1 heterocycles. The van der Waals surface area contributed by atoms with E-state index in [2.05, 4.69) is 30.4 Å². The lowest BCUT2D eigenvalue weighted by molar-refractivity contribution is -0.120. The lowest BCUT2D eigenvalue weighted by Gasteiger charge is -2.26. The molecule has 0 spiro atoms. The average Bonchev–Trinajstić information content (AvgIpc) is 2.32. The van der Waals surface area contributed by atoms with Crippen molar-refractivity contribution in [3.63, 3.8) is 0 Å². The molecule has 1 aliphatic heterocycles. The zero-order valence-corrected chi connectivity index (χ0v) is 11.0. The number of fused-ring (bicyclic) bond motifs is 1. The Morgan fingerprint density at radius 3 is 2.76 bits per heavy atom. The highest BCUT2D eigenvalue weighted by molar-refractivity contribution is 5.73. The summed E-state index contributed by atoms with van der Waals surface area (Å²) < 4.78 is 5.43. The van der Waals surface area contributed by atoms with Gasteiger partial charge in [-0.2, -0.15) is 0 Å². The van der Waals surface area contributed by atoms with Gasteiger partial charge in [-0.25, -0.2) is 0 Å². The van der Waals surface area contributed by atoms with E-state index in [-0.39, 0.29) is 11.9 Å². The first-order chi connectivity index (χ1) is 8.16. The van der Waals surface area contributed by atoms with Gasteiger partial charge in [-0.1, -0.05) is 37.6 Å². The second-order valence-corrected chi connectivity index (χ2v) is 3.97. The van der Waals surface area contributed by atoms with E-state index in [1.165, 1.54) is 23.6 Å². The summed E-state index contributed by atoms with van der Waals surface area (Å²) in [6.07, 6.45) is 0. The number of rotatable bonds is 1. The molecule has 0 fully saturated rings. The van der Waals surface area contributed by atoms with Gasteiger partial charge in [0.15, 0.2) is 0 Å². The van der Waals surface area contributed by atoms with E-state index in [1.807, 2.05) is 13.8 Å². The molecule has 1 aromatic rings. The smallest absolute Gasteiger partial charge is 0.217 e.